The van der Waals surface area contributed by atoms with E-state index in [2.05, 4.69) is 26.3 Å². The van der Waals surface area contributed by atoms with Crippen molar-refractivity contribution in [1.82, 2.24) is 5.01 Å². The Labute approximate surface area is 201 Å². The van der Waals surface area contributed by atoms with Crippen molar-refractivity contribution >= 4 is 39.1 Å². The molecule has 6 nitrogen and oxygen atoms in total. The summed E-state index contributed by atoms with van der Waals surface area (Å²) in [5.41, 5.74) is 3.42. The molecule has 1 unspecified atom stereocenters. The third kappa shape index (κ3) is 5.49. The molecular formula is C26H24BrN3O3. The highest BCUT2D eigenvalue weighted by molar-refractivity contribution is 9.10. The Morgan fingerprint density at radius 3 is 2.42 bits per heavy atom. The van der Waals surface area contributed by atoms with Crippen molar-refractivity contribution in [2.45, 2.75) is 25.3 Å². The number of amides is 2. The molecule has 0 aromatic heterocycles. The topological polar surface area (TPSA) is 71.0 Å². The number of ether oxygens (including phenoxy) is 1. The lowest BCUT2D eigenvalue weighted by atomic mass is 9.98. The molecule has 1 N–H and O–H groups in total. The number of rotatable bonds is 7. The zero-order valence-corrected chi connectivity index (χ0v) is 19.8. The number of carbonyl (C=O) groups is 2. The summed E-state index contributed by atoms with van der Waals surface area (Å²) in [4.78, 5) is 25.6. The van der Waals surface area contributed by atoms with Gasteiger partial charge >= 0.3 is 0 Å². The van der Waals surface area contributed by atoms with Crippen molar-refractivity contribution < 1.29 is 14.3 Å². The van der Waals surface area contributed by atoms with Crippen LogP contribution in [0.1, 0.15) is 36.4 Å². The number of carbonyl (C=O) groups excluding carboxylic acids is 2. The van der Waals surface area contributed by atoms with Gasteiger partial charge in [-0.2, -0.15) is 5.10 Å². The molecule has 3 aromatic carbocycles. The summed E-state index contributed by atoms with van der Waals surface area (Å²) in [5, 5.41) is 9.01. The highest BCUT2D eigenvalue weighted by atomic mass is 79.9. The van der Waals surface area contributed by atoms with Crippen molar-refractivity contribution in [1.29, 1.82) is 0 Å². The van der Waals surface area contributed by atoms with Gasteiger partial charge in [0.25, 0.3) is 0 Å². The maximum Gasteiger partial charge on any atom is 0.243 e. The standard InChI is InChI=1S/C26H24BrN3O3/c1-33-24-10-6-5-9-21(24)28-25(31)15-16-26(32)30-23(19-7-3-2-4-8-19)17-22(29-30)18-11-13-20(27)14-12-18/h2-14,23H,15-17H2,1H3,(H,28,31). The van der Waals surface area contributed by atoms with Crippen molar-refractivity contribution in [3.8, 4) is 5.75 Å². The number of para-hydroxylation sites is 2. The van der Waals surface area contributed by atoms with Gasteiger partial charge in [0, 0.05) is 23.7 Å². The number of hydrogen-bond acceptors (Lipinski definition) is 4. The first-order valence-electron chi connectivity index (χ1n) is 10.7. The van der Waals surface area contributed by atoms with Crippen molar-refractivity contribution in [2.24, 2.45) is 5.10 Å². The van der Waals surface area contributed by atoms with Gasteiger partial charge in [-0.1, -0.05) is 70.5 Å². The molecule has 0 saturated heterocycles. The minimum Gasteiger partial charge on any atom is -0.495 e. The number of anilines is 1. The van der Waals surface area contributed by atoms with Crippen molar-refractivity contribution in [2.75, 3.05) is 12.4 Å². The smallest absolute Gasteiger partial charge is 0.243 e. The molecular weight excluding hydrogens is 482 g/mol. The van der Waals surface area contributed by atoms with E-state index in [9.17, 15) is 9.59 Å². The van der Waals surface area contributed by atoms with Crippen LogP contribution in [0, 0.1) is 0 Å². The van der Waals surface area contributed by atoms with Crippen LogP contribution in [-0.2, 0) is 9.59 Å². The minimum absolute atomic E-state index is 0.0536. The summed E-state index contributed by atoms with van der Waals surface area (Å²) in [6.07, 6.45) is 0.726. The number of nitrogens with zero attached hydrogens (tertiary/aromatic N) is 2. The Morgan fingerprint density at radius 1 is 1.00 bits per heavy atom. The van der Waals surface area contributed by atoms with Gasteiger partial charge in [0.15, 0.2) is 0 Å². The average Bonchev–Trinajstić information content (AvgIpc) is 3.29. The minimum atomic E-state index is -0.250. The van der Waals surface area contributed by atoms with Crippen molar-refractivity contribution in [3.05, 3.63) is 94.5 Å². The summed E-state index contributed by atoms with van der Waals surface area (Å²) < 4.78 is 6.25. The molecule has 1 atom stereocenters. The molecule has 0 spiro atoms. The Morgan fingerprint density at radius 2 is 1.70 bits per heavy atom. The van der Waals surface area contributed by atoms with Crippen LogP contribution in [0.4, 0.5) is 5.69 Å². The van der Waals surface area contributed by atoms with Crippen LogP contribution in [-0.4, -0.2) is 29.6 Å². The highest BCUT2D eigenvalue weighted by Gasteiger charge is 2.33. The molecule has 3 aromatic rings. The molecule has 1 aliphatic rings. The summed E-state index contributed by atoms with van der Waals surface area (Å²) in [6, 6.07) is 24.7. The second-order valence-electron chi connectivity index (χ2n) is 7.67. The molecule has 1 heterocycles. The molecule has 33 heavy (non-hydrogen) atoms. The van der Waals surface area contributed by atoms with E-state index < -0.39 is 0 Å². The van der Waals surface area contributed by atoms with E-state index >= 15 is 0 Å². The predicted octanol–water partition coefficient (Wildman–Crippen LogP) is 5.55. The van der Waals surface area contributed by atoms with Crippen LogP contribution >= 0.6 is 15.9 Å². The molecule has 2 amide bonds. The summed E-state index contributed by atoms with van der Waals surface area (Å²) in [6.45, 7) is 0. The van der Waals surface area contributed by atoms with Gasteiger partial charge in [-0.15, -0.1) is 0 Å². The van der Waals surface area contributed by atoms with Crippen LogP contribution in [0.5, 0.6) is 5.75 Å². The van der Waals surface area contributed by atoms with Gasteiger partial charge in [-0.3, -0.25) is 9.59 Å². The number of halogens is 1. The molecule has 0 saturated carbocycles. The zero-order valence-electron chi connectivity index (χ0n) is 18.2. The summed E-state index contributed by atoms with van der Waals surface area (Å²) in [7, 11) is 1.55. The van der Waals surface area contributed by atoms with Gasteiger partial charge in [0.2, 0.25) is 11.8 Å². The van der Waals surface area contributed by atoms with E-state index in [1.807, 2.05) is 66.7 Å². The number of hydrogen-bond donors (Lipinski definition) is 1. The van der Waals surface area contributed by atoms with Gasteiger partial charge in [-0.05, 0) is 35.4 Å². The summed E-state index contributed by atoms with van der Waals surface area (Å²) >= 11 is 3.45. The molecule has 0 aliphatic carbocycles. The van der Waals surface area contributed by atoms with E-state index in [0.717, 1.165) is 21.3 Å². The maximum atomic E-state index is 13.1. The van der Waals surface area contributed by atoms with E-state index in [1.54, 1.807) is 19.2 Å². The second-order valence-corrected chi connectivity index (χ2v) is 8.59. The van der Waals surface area contributed by atoms with Crippen LogP contribution in [0.3, 0.4) is 0 Å². The van der Waals surface area contributed by atoms with Crippen LogP contribution in [0.15, 0.2) is 88.4 Å². The third-order valence-corrected chi connectivity index (χ3v) is 6.00. The first-order chi connectivity index (χ1) is 16.0. The SMILES string of the molecule is COc1ccccc1NC(=O)CCC(=O)N1N=C(c2ccc(Br)cc2)CC1c1ccccc1. The number of methoxy groups -OCH3 is 1. The first kappa shape index (κ1) is 22.7. The predicted molar refractivity (Wildman–Crippen MR) is 132 cm³/mol. The van der Waals surface area contributed by atoms with E-state index in [0.29, 0.717) is 17.9 Å². The quantitative estimate of drug-likeness (QED) is 0.457. The van der Waals surface area contributed by atoms with Gasteiger partial charge in [0.05, 0.1) is 24.6 Å². The number of benzene rings is 3. The third-order valence-electron chi connectivity index (χ3n) is 5.47. The van der Waals surface area contributed by atoms with Crippen LogP contribution in [0.25, 0.3) is 0 Å². The second kappa shape index (κ2) is 10.4. The Balaban J connectivity index is 1.48. The fourth-order valence-corrected chi connectivity index (χ4v) is 4.05. The van der Waals surface area contributed by atoms with E-state index in [-0.39, 0.29) is 30.7 Å². The van der Waals surface area contributed by atoms with Gasteiger partial charge in [-0.25, -0.2) is 5.01 Å². The average molecular weight is 506 g/mol. The lowest BCUT2D eigenvalue weighted by Crippen LogP contribution is -2.28. The Kier molecular flexibility index (Phi) is 7.19. The number of nitrogens with one attached hydrogen (secondary N) is 1. The first-order valence-corrected chi connectivity index (χ1v) is 11.5. The maximum absolute atomic E-state index is 13.1. The fraction of sp³-hybridized carbons (Fsp3) is 0.192. The fourth-order valence-electron chi connectivity index (χ4n) is 3.79. The molecule has 7 heteroatoms. The lowest BCUT2D eigenvalue weighted by Gasteiger charge is -2.22. The molecule has 168 valence electrons. The normalized spacial score (nSPS) is 15.2. The monoisotopic (exact) mass is 505 g/mol. The Hall–Kier alpha value is -3.45. The van der Waals surface area contributed by atoms with Crippen molar-refractivity contribution in [3.63, 3.8) is 0 Å². The van der Waals surface area contributed by atoms with Crippen LogP contribution in [0.2, 0.25) is 0 Å². The Bertz CT molecular complexity index is 1160. The molecule has 0 radical (unpaired) electrons. The summed E-state index contributed by atoms with van der Waals surface area (Å²) in [5.74, 6) is 0.135. The van der Waals surface area contributed by atoms with Gasteiger partial charge in [0.1, 0.15) is 5.75 Å². The number of hydrazone groups is 1. The largest absolute Gasteiger partial charge is 0.495 e. The van der Waals surface area contributed by atoms with E-state index in [4.69, 9.17) is 4.74 Å². The van der Waals surface area contributed by atoms with Gasteiger partial charge < -0.3 is 10.1 Å². The molecule has 0 fully saturated rings. The lowest BCUT2D eigenvalue weighted by molar-refractivity contribution is -0.134. The molecule has 0 bridgehead atoms. The van der Waals surface area contributed by atoms with E-state index in [1.165, 1.54) is 5.01 Å². The van der Waals surface area contributed by atoms with Crippen LogP contribution < -0.4 is 10.1 Å². The zero-order chi connectivity index (χ0) is 23.2. The highest BCUT2D eigenvalue weighted by Crippen LogP contribution is 2.33. The molecule has 4 rings (SSSR count). The molecule has 1 aliphatic heterocycles.